The van der Waals surface area contributed by atoms with E-state index in [0.29, 0.717) is 32.2 Å². The summed E-state index contributed by atoms with van der Waals surface area (Å²) < 4.78 is 5.75. The van der Waals surface area contributed by atoms with Gasteiger partial charge in [0, 0.05) is 19.5 Å². The van der Waals surface area contributed by atoms with Crippen LogP contribution in [0.3, 0.4) is 0 Å². The third-order valence-corrected chi connectivity index (χ3v) is 2.95. The molecule has 0 bridgehead atoms. The van der Waals surface area contributed by atoms with E-state index in [1.807, 2.05) is 0 Å². The molecule has 0 atom stereocenters. The van der Waals surface area contributed by atoms with Crippen molar-refractivity contribution >= 4 is 18.3 Å². The van der Waals surface area contributed by atoms with Gasteiger partial charge in [-0.2, -0.15) is 0 Å². The van der Waals surface area contributed by atoms with Crippen molar-refractivity contribution in [3.8, 4) is 0 Å². The summed E-state index contributed by atoms with van der Waals surface area (Å²) in [5, 5.41) is 2.79. The van der Waals surface area contributed by atoms with Gasteiger partial charge in [-0.1, -0.05) is 25.7 Å². The van der Waals surface area contributed by atoms with Crippen molar-refractivity contribution in [1.82, 2.24) is 5.32 Å². The molecule has 102 valence electrons. The molecule has 1 saturated carbocycles. The van der Waals surface area contributed by atoms with Crippen molar-refractivity contribution in [3.63, 3.8) is 0 Å². The SMILES string of the molecule is Cl.NCCC(=O)NCCOC1CCCCCC1. The van der Waals surface area contributed by atoms with E-state index in [1.165, 1.54) is 38.5 Å². The van der Waals surface area contributed by atoms with Gasteiger partial charge in [-0.15, -0.1) is 12.4 Å². The standard InChI is InChI=1S/C12H24N2O2.ClH/c13-8-7-12(15)14-9-10-16-11-5-3-1-2-4-6-11;/h11H,1-10,13H2,(H,14,15);1H. The molecule has 0 saturated heterocycles. The van der Waals surface area contributed by atoms with Crippen LogP contribution >= 0.6 is 12.4 Å². The van der Waals surface area contributed by atoms with Gasteiger partial charge >= 0.3 is 0 Å². The van der Waals surface area contributed by atoms with Gasteiger partial charge in [0.2, 0.25) is 5.91 Å². The molecular weight excluding hydrogens is 240 g/mol. The summed E-state index contributed by atoms with van der Waals surface area (Å²) >= 11 is 0. The molecule has 0 aromatic carbocycles. The lowest BCUT2D eigenvalue weighted by molar-refractivity contribution is -0.121. The Bertz CT molecular complexity index is 195. The largest absolute Gasteiger partial charge is 0.376 e. The van der Waals surface area contributed by atoms with E-state index in [9.17, 15) is 4.79 Å². The van der Waals surface area contributed by atoms with Crippen molar-refractivity contribution in [2.75, 3.05) is 19.7 Å². The molecule has 0 aliphatic heterocycles. The Labute approximate surface area is 110 Å². The molecule has 1 aliphatic rings. The zero-order chi connectivity index (χ0) is 11.6. The van der Waals surface area contributed by atoms with Crippen LogP contribution in [0.5, 0.6) is 0 Å². The highest BCUT2D eigenvalue weighted by molar-refractivity contribution is 5.85. The maximum Gasteiger partial charge on any atom is 0.221 e. The molecular formula is C12H25ClN2O2. The molecule has 0 heterocycles. The van der Waals surface area contributed by atoms with E-state index in [4.69, 9.17) is 10.5 Å². The fraction of sp³-hybridized carbons (Fsp3) is 0.917. The van der Waals surface area contributed by atoms with Gasteiger partial charge in [0.1, 0.15) is 0 Å². The molecule has 0 spiro atoms. The predicted octanol–water partition coefficient (Wildman–Crippen LogP) is 1.61. The normalized spacial score (nSPS) is 17.0. The first-order valence-corrected chi connectivity index (χ1v) is 6.41. The molecule has 1 fully saturated rings. The van der Waals surface area contributed by atoms with Crippen LogP contribution in [0.2, 0.25) is 0 Å². The summed E-state index contributed by atoms with van der Waals surface area (Å²) in [5.41, 5.74) is 5.28. The summed E-state index contributed by atoms with van der Waals surface area (Å²) in [6, 6.07) is 0. The number of carbonyl (C=O) groups is 1. The quantitative estimate of drug-likeness (QED) is 0.566. The van der Waals surface area contributed by atoms with E-state index in [1.54, 1.807) is 0 Å². The molecule has 0 aromatic rings. The minimum atomic E-state index is 0. The molecule has 0 unspecified atom stereocenters. The molecule has 17 heavy (non-hydrogen) atoms. The second-order valence-corrected chi connectivity index (χ2v) is 4.37. The first-order valence-electron chi connectivity index (χ1n) is 6.41. The van der Waals surface area contributed by atoms with Gasteiger partial charge in [-0.3, -0.25) is 4.79 Å². The van der Waals surface area contributed by atoms with Crippen molar-refractivity contribution < 1.29 is 9.53 Å². The molecule has 0 aromatic heterocycles. The number of rotatable bonds is 6. The Hall–Kier alpha value is -0.320. The number of carbonyl (C=O) groups excluding carboxylic acids is 1. The molecule has 1 aliphatic carbocycles. The Morgan fingerprint density at radius 1 is 1.24 bits per heavy atom. The summed E-state index contributed by atoms with van der Waals surface area (Å²) in [6.07, 6.45) is 8.42. The average Bonchev–Trinajstić information content (AvgIpc) is 2.53. The van der Waals surface area contributed by atoms with Crippen LogP contribution in [0.4, 0.5) is 0 Å². The van der Waals surface area contributed by atoms with Crippen molar-refractivity contribution in [2.45, 2.75) is 51.0 Å². The third kappa shape index (κ3) is 8.41. The van der Waals surface area contributed by atoms with Crippen LogP contribution in [0.1, 0.15) is 44.9 Å². The highest BCUT2D eigenvalue weighted by atomic mass is 35.5. The van der Waals surface area contributed by atoms with Crippen molar-refractivity contribution in [3.05, 3.63) is 0 Å². The van der Waals surface area contributed by atoms with Crippen LogP contribution in [0.25, 0.3) is 0 Å². The van der Waals surface area contributed by atoms with Gasteiger partial charge in [0.25, 0.3) is 0 Å². The maximum atomic E-state index is 11.1. The number of halogens is 1. The Balaban J connectivity index is 0.00000256. The average molecular weight is 265 g/mol. The number of amides is 1. The second kappa shape index (κ2) is 10.8. The number of ether oxygens (including phenoxy) is 1. The highest BCUT2D eigenvalue weighted by Crippen LogP contribution is 2.19. The van der Waals surface area contributed by atoms with Crippen LogP contribution in [0, 0.1) is 0 Å². The number of nitrogens with one attached hydrogen (secondary N) is 1. The fourth-order valence-electron chi connectivity index (χ4n) is 2.04. The lowest BCUT2D eigenvalue weighted by atomic mass is 10.1. The molecule has 0 radical (unpaired) electrons. The summed E-state index contributed by atoms with van der Waals surface area (Å²) in [5.74, 6) is 0.0203. The van der Waals surface area contributed by atoms with Crippen LogP contribution < -0.4 is 11.1 Å². The second-order valence-electron chi connectivity index (χ2n) is 4.37. The molecule has 1 amide bonds. The van der Waals surface area contributed by atoms with Gasteiger partial charge < -0.3 is 15.8 Å². The van der Waals surface area contributed by atoms with Gasteiger partial charge in [0.05, 0.1) is 12.7 Å². The highest BCUT2D eigenvalue weighted by Gasteiger charge is 2.12. The van der Waals surface area contributed by atoms with E-state index < -0.39 is 0 Å². The van der Waals surface area contributed by atoms with Crippen molar-refractivity contribution in [1.29, 1.82) is 0 Å². The zero-order valence-electron chi connectivity index (χ0n) is 10.5. The lowest BCUT2D eigenvalue weighted by Gasteiger charge is -2.15. The Morgan fingerprint density at radius 2 is 1.88 bits per heavy atom. The van der Waals surface area contributed by atoms with E-state index in [2.05, 4.69) is 5.32 Å². The number of nitrogens with two attached hydrogens (primary N) is 1. The Morgan fingerprint density at radius 3 is 2.47 bits per heavy atom. The molecule has 4 nitrogen and oxygen atoms in total. The monoisotopic (exact) mass is 264 g/mol. The lowest BCUT2D eigenvalue weighted by Crippen LogP contribution is -2.30. The summed E-state index contributed by atoms with van der Waals surface area (Å²) in [6.45, 7) is 1.64. The fourth-order valence-corrected chi connectivity index (χ4v) is 2.04. The predicted molar refractivity (Wildman–Crippen MR) is 71.4 cm³/mol. The summed E-state index contributed by atoms with van der Waals surface area (Å²) in [7, 11) is 0. The van der Waals surface area contributed by atoms with Gasteiger partial charge in [-0.05, 0) is 12.8 Å². The number of hydrogen-bond donors (Lipinski definition) is 2. The van der Waals surface area contributed by atoms with Gasteiger partial charge in [-0.25, -0.2) is 0 Å². The van der Waals surface area contributed by atoms with Crippen LogP contribution in [0.15, 0.2) is 0 Å². The molecule has 3 N–H and O–H groups in total. The maximum absolute atomic E-state index is 11.1. The topological polar surface area (TPSA) is 64.4 Å². The van der Waals surface area contributed by atoms with Crippen LogP contribution in [-0.2, 0) is 9.53 Å². The first kappa shape index (κ1) is 16.7. The zero-order valence-corrected chi connectivity index (χ0v) is 11.3. The van der Waals surface area contributed by atoms with Crippen LogP contribution in [-0.4, -0.2) is 31.7 Å². The minimum absolute atomic E-state index is 0. The number of hydrogen-bond acceptors (Lipinski definition) is 3. The first-order chi connectivity index (χ1) is 7.83. The smallest absolute Gasteiger partial charge is 0.221 e. The van der Waals surface area contributed by atoms with E-state index in [-0.39, 0.29) is 18.3 Å². The third-order valence-electron chi connectivity index (χ3n) is 2.95. The van der Waals surface area contributed by atoms with E-state index in [0.717, 1.165) is 0 Å². The van der Waals surface area contributed by atoms with Crippen molar-refractivity contribution in [2.24, 2.45) is 5.73 Å². The van der Waals surface area contributed by atoms with E-state index >= 15 is 0 Å². The molecule has 5 heteroatoms. The minimum Gasteiger partial charge on any atom is -0.376 e. The Kier molecular flexibility index (Phi) is 10.6. The summed E-state index contributed by atoms with van der Waals surface area (Å²) in [4.78, 5) is 11.1. The molecule has 1 rings (SSSR count). The van der Waals surface area contributed by atoms with Gasteiger partial charge in [0.15, 0.2) is 0 Å².